The van der Waals surface area contributed by atoms with Crippen LogP contribution in [-0.2, 0) is 0 Å². The molecule has 0 saturated heterocycles. The monoisotopic (exact) mass is 215 g/mol. The van der Waals surface area contributed by atoms with Crippen molar-refractivity contribution in [1.82, 2.24) is 9.78 Å². The maximum Gasteiger partial charge on any atom is 0.271 e. The van der Waals surface area contributed by atoms with Crippen LogP contribution in [0, 0.1) is 13.8 Å². The molecule has 4 nitrogen and oxygen atoms in total. The van der Waals surface area contributed by atoms with Crippen molar-refractivity contribution in [1.29, 1.82) is 0 Å². The van der Waals surface area contributed by atoms with Crippen LogP contribution in [0.3, 0.4) is 0 Å². The van der Waals surface area contributed by atoms with Gasteiger partial charge in [0.25, 0.3) is 5.56 Å². The molecule has 2 aromatic rings. The first-order valence-electron chi connectivity index (χ1n) is 5.01. The van der Waals surface area contributed by atoms with Gasteiger partial charge in [0.1, 0.15) is 0 Å². The molecule has 2 N–H and O–H groups in total. The van der Waals surface area contributed by atoms with Gasteiger partial charge in [-0.2, -0.15) is 9.78 Å². The summed E-state index contributed by atoms with van der Waals surface area (Å²) < 4.78 is 1.35. The van der Waals surface area contributed by atoms with Gasteiger partial charge in [-0.25, -0.2) is 0 Å². The topological polar surface area (TPSA) is 60.9 Å². The van der Waals surface area contributed by atoms with E-state index in [1.54, 1.807) is 12.1 Å². The predicted octanol–water partition coefficient (Wildman–Crippen LogP) is 1.43. The molecule has 0 aliphatic heterocycles. The third-order valence-corrected chi connectivity index (χ3v) is 2.44. The third kappa shape index (κ3) is 1.82. The van der Waals surface area contributed by atoms with Crippen molar-refractivity contribution in [2.45, 2.75) is 13.8 Å². The third-order valence-electron chi connectivity index (χ3n) is 2.44. The Labute approximate surface area is 93.3 Å². The zero-order valence-corrected chi connectivity index (χ0v) is 9.27. The summed E-state index contributed by atoms with van der Waals surface area (Å²) in [5.41, 5.74) is 8.78. The van der Waals surface area contributed by atoms with Gasteiger partial charge in [-0.15, -0.1) is 0 Å². The van der Waals surface area contributed by atoms with Gasteiger partial charge < -0.3 is 5.73 Å². The van der Waals surface area contributed by atoms with Crippen molar-refractivity contribution in [3.8, 4) is 5.69 Å². The average molecular weight is 215 g/mol. The minimum absolute atomic E-state index is 0.158. The van der Waals surface area contributed by atoms with E-state index >= 15 is 0 Å². The summed E-state index contributed by atoms with van der Waals surface area (Å²) in [4.78, 5) is 11.6. The second kappa shape index (κ2) is 3.81. The molecule has 0 aliphatic carbocycles. The molecular weight excluding hydrogens is 202 g/mol. The van der Waals surface area contributed by atoms with E-state index in [1.165, 1.54) is 10.7 Å². The van der Waals surface area contributed by atoms with E-state index in [1.807, 2.05) is 26.0 Å². The fourth-order valence-electron chi connectivity index (χ4n) is 1.45. The number of hydrogen-bond donors (Lipinski definition) is 1. The highest BCUT2D eigenvalue weighted by atomic mass is 16.1. The number of benzene rings is 1. The predicted molar refractivity (Wildman–Crippen MR) is 63.7 cm³/mol. The van der Waals surface area contributed by atoms with Crippen molar-refractivity contribution < 1.29 is 0 Å². The normalized spacial score (nSPS) is 10.4. The van der Waals surface area contributed by atoms with Crippen LogP contribution in [0.5, 0.6) is 0 Å². The van der Waals surface area contributed by atoms with Crippen molar-refractivity contribution in [2.75, 3.05) is 5.73 Å². The van der Waals surface area contributed by atoms with Gasteiger partial charge in [0.2, 0.25) is 0 Å². The number of rotatable bonds is 1. The van der Waals surface area contributed by atoms with E-state index in [-0.39, 0.29) is 5.56 Å². The van der Waals surface area contributed by atoms with Crippen LogP contribution in [0.25, 0.3) is 5.69 Å². The number of nitrogens with two attached hydrogens (primary N) is 1. The molecule has 0 saturated carbocycles. The Morgan fingerprint density at radius 3 is 2.62 bits per heavy atom. The van der Waals surface area contributed by atoms with E-state index in [9.17, 15) is 4.79 Å². The second-order valence-electron chi connectivity index (χ2n) is 3.77. The highest BCUT2D eigenvalue weighted by Gasteiger charge is 2.02. The zero-order chi connectivity index (χ0) is 11.7. The fourth-order valence-corrected chi connectivity index (χ4v) is 1.45. The molecule has 0 spiro atoms. The van der Waals surface area contributed by atoms with Crippen LogP contribution < -0.4 is 11.3 Å². The number of hydrogen-bond acceptors (Lipinski definition) is 3. The Kier molecular flexibility index (Phi) is 2.48. The lowest BCUT2D eigenvalue weighted by Gasteiger charge is -2.07. The molecule has 0 amide bonds. The SMILES string of the molecule is Cc1ccc(=O)n(-c2ccc(C)c(N)c2)n1. The molecule has 1 aromatic heterocycles. The quantitative estimate of drug-likeness (QED) is 0.732. The first-order valence-corrected chi connectivity index (χ1v) is 5.01. The van der Waals surface area contributed by atoms with Gasteiger partial charge in [0.15, 0.2) is 0 Å². The van der Waals surface area contributed by atoms with Crippen LogP contribution in [0.2, 0.25) is 0 Å². The van der Waals surface area contributed by atoms with Gasteiger partial charge in [0.05, 0.1) is 11.4 Å². The average Bonchev–Trinajstić information content (AvgIpc) is 2.26. The fraction of sp³-hybridized carbons (Fsp3) is 0.167. The lowest BCUT2D eigenvalue weighted by Crippen LogP contribution is -2.20. The summed E-state index contributed by atoms with van der Waals surface area (Å²) in [6.07, 6.45) is 0. The molecule has 0 atom stereocenters. The summed E-state index contributed by atoms with van der Waals surface area (Å²) in [7, 11) is 0. The maximum absolute atomic E-state index is 11.6. The lowest BCUT2D eigenvalue weighted by atomic mass is 10.2. The number of aromatic nitrogens is 2. The largest absolute Gasteiger partial charge is 0.398 e. The molecule has 0 bridgehead atoms. The zero-order valence-electron chi connectivity index (χ0n) is 9.27. The standard InChI is InChI=1S/C12H13N3O/c1-8-3-5-10(7-11(8)13)15-12(16)6-4-9(2)14-15/h3-7H,13H2,1-2H3. The van der Waals surface area contributed by atoms with E-state index in [0.29, 0.717) is 11.4 Å². The highest BCUT2D eigenvalue weighted by Crippen LogP contribution is 2.14. The van der Waals surface area contributed by atoms with E-state index < -0.39 is 0 Å². The Balaban J connectivity index is 2.63. The van der Waals surface area contributed by atoms with Gasteiger partial charge in [-0.05, 0) is 37.6 Å². The van der Waals surface area contributed by atoms with E-state index in [0.717, 1.165) is 11.3 Å². The Morgan fingerprint density at radius 2 is 1.94 bits per heavy atom. The summed E-state index contributed by atoms with van der Waals surface area (Å²) in [5.74, 6) is 0. The molecule has 82 valence electrons. The minimum Gasteiger partial charge on any atom is -0.398 e. The van der Waals surface area contributed by atoms with E-state index in [2.05, 4.69) is 5.10 Å². The van der Waals surface area contributed by atoms with Gasteiger partial charge in [0, 0.05) is 11.8 Å². The van der Waals surface area contributed by atoms with Crippen LogP contribution in [0.4, 0.5) is 5.69 Å². The molecule has 0 aliphatic rings. The van der Waals surface area contributed by atoms with Crippen molar-refractivity contribution >= 4 is 5.69 Å². The highest BCUT2D eigenvalue weighted by molar-refractivity contribution is 5.52. The molecular formula is C12H13N3O. The van der Waals surface area contributed by atoms with Crippen LogP contribution in [0.15, 0.2) is 35.1 Å². The number of nitrogens with zero attached hydrogens (tertiary/aromatic N) is 2. The Morgan fingerprint density at radius 1 is 1.19 bits per heavy atom. The number of aryl methyl sites for hydroxylation is 2. The number of anilines is 1. The molecule has 4 heteroatoms. The Hall–Kier alpha value is -2.10. The smallest absolute Gasteiger partial charge is 0.271 e. The lowest BCUT2D eigenvalue weighted by molar-refractivity contribution is 0.785. The van der Waals surface area contributed by atoms with Crippen LogP contribution in [-0.4, -0.2) is 9.78 Å². The number of nitrogen functional groups attached to an aromatic ring is 1. The van der Waals surface area contributed by atoms with Crippen molar-refractivity contribution in [2.24, 2.45) is 0 Å². The molecule has 0 unspecified atom stereocenters. The molecule has 1 heterocycles. The minimum atomic E-state index is -0.158. The van der Waals surface area contributed by atoms with Crippen molar-refractivity contribution in [3.05, 3.63) is 51.9 Å². The van der Waals surface area contributed by atoms with Crippen molar-refractivity contribution in [3.63, 3.8) is 0 Å². The molecule has 0 fully saturated rings. The summed E-state index contributed by atoms with van der Waals surface area (Å²) in [5, 5.41) is 4.16. The second-order valence-corrected chi connectivity index (χ2v) is 3.77. The van der Waals surface area contributed by atoms with Gasteiger partial charge in [-0.1, -0.05) is 6.07 Å². The van der Waals surface area contributed by atoms with Crippen LogP contribution >= 0.6 is 0 Å². The molecule has 16 heavy (non-hydrogen) atoms. The van der Waals surface area contributed by atoms with Gasteiger partial charge in [-0.3, -0.25) is 4.79 Å². The Bertz CT molecular complexity index is 587. The first-order chi connectivity index (χ1) is 7.58. The molecule has 2 rings (SSSR count). The van der Waals surface area contributed by atoms with E-state index in [4.69, 9.17) is 5.73 Å². The first kappa shape index (κ1) is 10.4. The van der Waals surface area contributed by atoms with Gasteiger partial charge >= 0.3 is 0 Å². The van der Waals surface area contributed by atoms with Crippen LogP contribution in [0.1, 0.15) is 11.3 Å². The summed E-state index contributed by atoms with van der Waals surface area (Å²) in [6.45, 7) is 3.76. The molecule has 1 aromatic carbocycles. The summed E-state index contributed by atoms with van der Waals surface area (Å²) >= 11 is 0. The summed E-state index contributed by atoms with van der Waals surface area (Å²) in [6, 6.07) is 8.65. The molecule has 0 radical (unpaired) electrons. The maximum atomic E-state index is 11.6.